The monoisotopic (exact) mass is 463 g/mol. The van der Waals surface area contributed by atoms with Crippen molar-refractivity contribution in [1.82, 2.24) is 24.0 Å². The first kappa shape index (κ1) is 20.6. The number of rotatable bonds is 7. The zero-order valence-corrected chi connectivity index (χ0v) is 18.7. The van der Waals surface area contributed by atoms with Crippen molar-refractivity contribution in [2.24, 2.45) is 0 Å². The Morgan fingerprint density at radius 3 is 2.82 bits per heavy atom. The second-order valence-corrected chi connectivity index (χ2v) is 8.27. The number of nitrogens with zero attached hydrogens (tertiary/aromatic N) is 5. The molecule has 9 heteroatoms. The number of likely N-dealkylation sites (N-methyl/N-ethyl adjacent to an activating group) is 1. The van der Waals surface area contributed by atoms with E-state index in [-0.39, 0.29) is 12.5 Å². The van der Waals surface area contributed by atoms with E-state index in [2.05, 4.69) is 30.4 Å². The first-order chi connectivity index (χ1) is 13.3. The van der Waals surface area contributed by atoms with Gasteiger partial charge in [0.25, 0.3) is 0 Å². The number of aryl methyl sites for hydroxylation is 2. The normalized spacial score (nSPS) is 11.2. The van der Waals surface area contributed by atoms with Gasteiger partial charge < -0.3 is 9.64 Å². The van der Waals surface area contributed by atoms with Crippen LogP contribution in [0.2, 0.25) is 0 Å². The summed E-state index contributed by atoms with van der Waals surface area (Å²) in [5.41, 5.74) is 3.63. The van der Waals surface area contributed by atoms with Crippen LogP contribution in [0, 0.1) is 13.8 Å². The van der Waals surface area contributed by atoms with E-state index in [9.17, 15) is 4.79 Å². The molecule has 0 aliphatic heterocycles. The lowest BCUT2D eigenvalue weighted by Gasteiger charge is -2.10. The first-order valence-electron chi connectivity index (χ1n) is 8.79. The highest BCUT2D eigenvalue weighted by atomic mass is 79.9. The molecule has 148 valence electrons. The van der Waals surface area contributed by atoms with Gasteiger partial charge in [0, 0.05) is 12.1 Å². The van der Waals surface area contributed by atoms with Crippen LogP contribution in [0.4, 0.5) is 0 Å². The maximum Gasteiger partial charge on any atom is 0.327 e. The van der Waals surface area contributed by atoms with Gasteiger partial charge in [-0.15, -0.1) is 0 Å². The van der Waals surface area contributed by atoms with Crippen molar-refractivity contribution in [2.45, 2.75) is 20.4 Å². The van der Waals surface area contributed by atoms with E-state index >= 15 is 0 Å². The zero-order valence-electron chi connectivity index (χ0n) is 16.3. The molecule has 2 heterocycles. The topological polar surface area (TPSA) is 73.1 Å². The Balaban J connectivity index is 1.84. The summed E-state index contributed by atoms with van der Waals surface area (Å²) in [5.74, 6) is 0.330. The molecule has 28 heavy (non-hydrogen) atoms. The molecule has 7 nitrogen and oxygen atoms in total. The average Bonchev–Trinajstić information content (AvgIpc) is 3.20. The molecule has 0 bridgehead atoms. The van der Waals surface area contributed by atoms with Crippen LogP contribution in [0.25, 0.3) is 22.1 Å². The number of aromatic nitrogens is 4. The Bertz CT molecular complexity index is 983. The number of esters is 1. The van der Waals surface area contributed by atoms with Crippen molar-refractivity contribution in [3.05, 3.63) is 40.0 Å². The molecule has 0 aliphatic carbocycles. The molecule has 0 atom stereocenters. The van der Waals surface area contributed by atoms with Crippen LogP contribution in [-0.4, -0.2) is 57.3 Å². The first-order valence-corrected chi connectivity index (χ1v) is 10.4. The van der Waals surface area contributed by atoms with Crippen molar-refractivity contribution in [3.8, 4) is 22.1 Å². The third kappa shape index (κ3) is 4.84. The highest BCUT2D eigenvalue weighted by Gasteiger charge is 2.21. The van der Waals surface area contributed by atoms with E-state index in [1.165, 1.54) is 11.5 Å². The minimum absolute atomic E-state index is 0.0224. The third-order valence-electron chi connectivity index (χ3n) is 4.04. The molecule has 2 aromatic heterocycles. The number of hydrogen-bond donors (Lipinski definition) is 0. The van der Waals surface area contributed by atoms with Crippen molar-refractivity contribution in [2.75, 3.05) is 27.2 Å². The predicted octanol–water partition coefficient (Wildman–Crippen LogP) is 3.55. The van der Waals surface area contributed by atoms with Gasteiger partial charge in [-0.25, -0.2) is 9.67 Å². The maximum atomic E-state index is 12.2. The van der Waals surface area contributed by atoms with Crippen LogP contribution >= 0.6 is 27.5 Å². The maximum absolute atomic E-state index is 12.2. The number of carbonyl (C=O) groups is 1. The number of carbonyl (C=O) groups excluding carboxylic acids is 1. The van der Waals surface area contributed by atoms with Gasteiger partial charge in [0.15, 0.2) is 10.8 Å². The molecule has 0 spiro atoms. The number of halogens is 1. The van der Waals surface area contributed by atoms with E-state index in [0.717, 1.165) is 27.0 Å². The molecule has 0 radical (unpaired) electrons. The molecular weight excluding hydrogens is 442 g/mol. The third-order valence-corrected chi connectivity index (χ3v) is 5.71. The van der Waals surface area contributed by atoms with Crippen LogP contribution in [0.5, 0.6) is 0 Å². The second kappa shape index (κ2) is 8.93. The SMILES string of the molecule is Cc1cccc(-c2nsc(-c3c(Br)c(C)nn3CC(=O)OCCN(C)C)n2)c1. The van der Waals surface area contributed by atoms with Gasteiger partial charge in [-0.3, -0.25) is 4.79 Å². The summed E-state index contributed by atoms with van der Waals surface area (Å²) in [5, 5.41) is 5.16. The molecule has 0 saturated carbocycles. The smallest absolute Gasteiger partial charge is 0.327 e. The molecule has 3 rings (SSSR count). The van der Waals surface area contributed by atoms with Gasteiger partial charge in [-0.1, -0.05) is 23.8 Å². The van der Waals surface area contributed by atoms with Gasteiger partial charge in [0.05, 0.1) is 10.2 Å². The summed E-state index contributed by atoms with van der Waals surface area (Å²) in [6.45, 7) is 4.96. The van der Waals surface area contributed by atoms with Crippen LogP contribution in [0.3, 0.4) is 0 Å². The number of hydrogen-bond acceptors (Lipinski definition) is 7. The van der Waals surface area contributed by atoms with Gasteiger partial charge in [-0.2, -0.15) is 9.47 Å². The Kier molecular flexibility index (Phi) is 6.58. The minimum Gasteiger partial charge on any atom is -0.463 e. The Morgan fingerprint density at radius 1 is 1.32 bits per heavy atom. The number of ether oxygens (including phenoxy) is 1. The zero-order chi connectivity index (χ0) is 20.3. The van der Waals surface area contributed by atoms with Gasteiger partial charge in [-0.05, 0) is 61.5 Å². The standard InChI is InChI=1S/C19H22BrN5O2S/c1-12-6-5-7-14(10-12)18-21-19(28-23-18)17-16(20)13(2)22-25(17)11-15(26)27-9-8-24(3)4/h5-7,10H,8-9,11H2,1-4H3. The molecule has 0 amide bonds. The molecule has 0 N–H and O–H groups in total. The summed E-state index contributed by atoms with van der Waals surface area (Å²) in [7, 11) is 3.86. The lowest BCUT2D eigenvalue weighted by molar-refractivity contribution is -0.144. The molecule has 1 aromatic carbocycles. The van der Waals surface area contributed by atoms with Gasteiger partial charge in [0.2, 0.25) is 0 Å². The average molecular weight is 464 g/mol. The lowest BCUT2D eigenvalue weighted by Crippen LogP contribution is -2.22. The van der Waals surface area contributed by atoms with Crippen LogP contribution < -0.4 is 0 Å². The highest BCUT2D eigenvalue weighted by molar-refractivity contribution is 9.10. The van der Waals surface area contributed by atoms with Crippen molar-refractivity contribution < 1.29 is 9.53 Å². The fourth-order valence-corrected chi connectivity index (χ4v) is 3.95. The molecular formula is C19H22BrN5O2S. The quantitative estimate of drug-likeness (QED) is 0.498. The highest BCUT2D eigenvalue weighted by Crippen LogP contribution is 2.33. The minimum atomic E-state index is -0.332. The fraction of sp³-hybridized carbons (Fsp3) is 0.368. The lowest BCUT2D eigenvalue weighted by atomic mass is 10.1. The van der Waals surface area contributed by atoms with E-state index in [1.807, 2.05) is 57.1 Å². The van der Waals surface area contributed by atoms with E-state index < -0.39 is 0 Å². The number of benzene rings is 1. The summed E-state index contributed by atoms with van der Waals surface area (Å²) >= 11 is 4.86. The van der Waals surface area contributed by atoms with Crippen LogP contribution in [-0.2, 0) is 16.1 Å². The fourth-order valence-electron chi connectivity index (χ4n) is 2.61. The van der Waals surface area contributed by atoms with E-state index in [4.69, 9.17) is 4.74 Å². The second-order valence-electron chi connectivity index (χ2n) is 6.72. The molecule has 0 fully saturated rings. The van der Waals surface area contributed by atoms with Crippen LogP contribution in [0.1, 0.15) is 11.3 Å². The Labute approximate surface area is 176 Å². The van der Waals surface area contributed by atoms with E-state index in [0.29, 0.717) is 24.0 Å². The summed E-state index contributed by atoms with van der Waals surface area (Å²) in [6.07, 6.45) is 0. The largest absolute Gasteiger partial charge is 0.463 e. The van der Waals surface area contributed by atoms with Crippen molar-refractivity contribution >= 4 is 33.4 Å². The summed E-state index contributed by atoms with van der Waals surface area (Å²) in [4.78, 5) is 18.8. The van der Waals surface area contributed by atoms with E-state index in [1.54, 1.807) is 4.68 Å². The van der Waals surface area contributed by atoms with Gasteiger partial charge >= 0.3 is 5.97 Å². The predicted molar refractivity (Wildman–Crippen MR) is 113 cm³/mol. The van der Waals surface area contributed by atoms with Crippen molar-refractivity contribution in [3.63, 3.8) is 0 Å². The Hall–Kier alpha value is -2.10. The van der Waals surface area contributed by atoms with Gasteiger partial charge in [0.1, 0.15) is 18.8 Å². The Morgan fingerprint density at radius 2 is 2.11 bits per heavy atom. The molecule has 0 aliphatic rings. The molecule has 0 saturated heterocycles. The van der Waals surface area contributed by atoms with Crippen molar-refractivity contribution in [1.29, 1.82) is 0 Å². The summed E-state index contributed by atoms with van der Waals surface area (Å²) in [6, 6.07) is 8.05. The molecule has 0 unspecified atom stereocenters. The molecule has 3 aromatic rings. The summed E-state index contributed by atoms with van der Waals surface area (Å²) < 4.78 is 12.2. The van der Waals surface area contributed by atoms with Crippen LogP contribution in [0.15, 0.2) is 28.7 Å².